The number of pyridine rings is 1. The van der Waals surface area contributed by atoms with Gasteiger partial charge in [-0.2, -0.15) is 5.10 Å². The number of aliphatic hydroxyl groups excluding tert-OH is 1. The maximum Gasteiger partial charge on any atom is 0.254 e. The van der Waals surface area contributed by atoms with Gasteiger partial charge in [-0.1, -0.05) is 30.0 Å². The third-order valence-corrected chi connectivity index (χ3v) is 4.68. The van der Waals surface area contributed by atoms with Crippen LogP contribution in [0.5, 0.6) is 0 Å². The van der Waals surface area contributed by atoms with Gasteiger partial charge in [-0.3, -0.25) is 14.9 Å². The predicted molar refractivity (Wildman–Crippen MR) is 126 cm³/mol. The number of aromatic amines is 1. The van der Waals surface area contributed by atoms with Crippen molar-refractivity contribution in [3.63, 3.8) is 0 Å². The monoisotopic (exact) mass is 423 g/mol. The van der Waals surface area contributed by atoms with E-state index < -0.39 is 0 Å². The van der Waals surface area contributed by atoms with Crippen molar-refractivity contribution in [2.45, 2.75) is 0 Å². The van der Waals surface area contributed by atoms with Crippen molar-refractivity contribution in [2.75, 3.05) is 18.5 Å². The molecule has 4 aromatic rings. The summed E-state index contributed by atoms with van der Waals surface area (Å²) in [6, 6.07) is 18.9. The van der Waals surface area contributed by atoms with E-state index in [4.69, 9.17) is 5.11 Å². The van der Waals surface area contributed by atoms with Crippen molar-refractivity contribution in [3.8, 4) is 11.8 Å². The second-order valence-electron chi connectivity index (χ2n) is 6.82. The molecule has 4 N–H and O–H groups in total. The van der Waals surface area contributed by atoms with Gasteiger partial charge in [0, 0.05) is 17.3 Å². The van der Waals surface area contributed by atoms with E-state index in [-0.39, 0.29) is 19.1 Å². The van der Waals surface area contributed by atoms with Gasteiger partial charge in [0.15, 0.2) is 0 Å². The van der Waals surface area contributed by atoms with Crippen molar-refractivity contribution < 1.29 is 9.90 Å². The molecular weight excluding hydrogens is 402 g/mol. The van der Waals surface area contributed by atoms with Gasteiger partial charge < -0.3 is 15.7 Å². The molecule has 2 aromatic heterocycles. The molecule has 2 aromatic carbocycles. The third kappa shape index (κ3) is 5.01. The molecule has 0 saturated carbocycles. The normalized spacial score (nSPS) is 10.7. The Bertz CT molecular complexity index is 1320. The quantitative estimate of drug-likeness (QED) is 0.355. The molecule has 4 rings (SSSR count). The molecule has 0 aliphatic rings. The van der Waals surface area contributed by atoms with Crippen molar-refractivity contribution in [2.24, 2.45) is 0 Å². The summed E-state index contributed by atoms with van der Waals surface area (Å²) in [5.74, 6) is 4.93. The first kappa shape index (κ1) is 20.8. The van der Waals surface area contributed by atoms with E-state index in [0.29, 0.717) is 11.3 Å². The highest BCUT2D eigenvalue weighted by molar-refractivity contribution is 6.00. The van der Waals surface area contributed by atoms with Crippen LogP contribution in [0.3, 0.4) is 0 Å². The molecule has 0 spiro atoms. The van der Waals surface area contributed by atoms with Crippen LogP contribution in [-0.4, -0.2) is 39.3 Å². The number of benzene rings is 2. The zero-order chi connectivity index (χ0) is 22.2. The molecule has 2 heterocycles. The topological polar surface area (TPSA) is 103 Å². The van der Waals surface area contributed by atoms with Gasteiger partial charge in [0.25, 0.3) is 5.91 Å². The maximum atomic E-state index is 12.5. The fraction of sp³-hybridized carbons (Fsp3) is 0.0800. The Labute approximate surface area is 185 Å². The predicted octanol–water partition coefficient (Wildman–Crippen LogP) is 3.60. The number of aliphatic hydroxyl groups is 1. The van der Waals surface area contributed by atoms with Crippen LogP contribution in [0.1, 0.15) is 21.7 Å². The molecular formula is C25H21N5O2. The average Bonchev–Trinajstić information content (AvgIpc) is 3.23. The van der Waals surface area contributed by atoms with Gasteiger partial charge in [0.1, 0.15) is 6.61 Å². The first-order valence-corrected chi connectivity index (χ1v) is 10.0. The number of para-hydroxylation sites is 1. The highest BCUT2D eigenvalue weighted by Crippen LogP contribution is 2.26. The van der Waals surface area contributed by atoms with Crippen LogP contribution in [0.4, 0.5) is 11.4 Å². The van der Waals surface area contributed by atoms with Crippen LogP contribution in [0.2, 0.25) is 0 Å². The number of H-pyrrole nitrogens is 1. The van der Waals surface area contributed by atoms with Gasteiger partial charge in [-0.05, 0) is 54.6 Å². The second kappa shape index (κ2) is 10.1. The van der Waals surface area contributed by atoms with Crippen LogP contribution in [-0.2, 0) is 0 Å². The molecule has 7 heteroatoms. The number of hydrogen-bond acceptors (Lipinski definition) is 5. The van der Waals surface area contributed by atoms with Crippen LogP contribution >= 0.6 is 0 Å². The number of carbonyl (C=O) groups is 1. The molecule has 0 bridgehead atoms. The Kier molecular flexibility index (Phi) is 6.56. The van der Waals surface area contributed by atoms with Crippen LogP contribution in [0, 0.1) is 11.8 Å². The Hall–Kier alpha value is -4.41. The van der Waals surface area contributed by atoms with Gasteiger partial charge in [0.05, 0.1) is 34.7 Å². The summed E-state index contributed by atoms with van der Waals surface area (Å²) in [5, 5.41) is 23.2. The number of fused-ring (bicyclic) bond motifs is 1. The van der Waals surface area contributed by atoms with E-state index in [0.717, 1.165) is 28.0 Å². The molecule has 1 amide bonds. The largest absolute Gasteiger partial charge is 0.384 e. The third-order valence-electron chi connectivity index (χ3n) is 4.68. The summed E-state index contributed by atoms with van der Waals surface area (Å²) in [6.45, 7) is -0.0621. The zero-order valence-electron chi connectivity index (χ0n) is 17.2. The lowest BCUT2D eigenvalue weighted by Crippen LogP contribution is -2.24. The van der Waals surface area contributed by atoms with Crippen LogP contribution in [0.25, 0.3) is 23.1 Å². The minimum absolute atomic E-state index is 0.169. The Balaban J connectivity index is 1.52. The maximum absolute atomic E-state index is 12.5. The van der Waals surface area contributed by atoms with E-state index in [9.17, 15) is 4.79 Å². The highest BCUT2D eigenvalue weighted by atomic mass is 16.2. The van der Waals surface area contributed by atoms with Gasteiger partial charge in [-0.15, -0.1) is 0 Å². The minimum Gasteiger partial charge on any atom is -0.384 e. The van der Waals surface area contributed by atoms with E-state index in [1.807, 2.05) is 60.7 Å². The van der Waals surface area contributed by atoms with E-state index in [1.165, 1.54) is 0 Å². The zero-order valence-corrected chi connectivity index (χ0v) is 17.2. The summed E-state index contributed by atoms with van der Waals surface area (Å²) in [6.07, 6.45) is 5.59. The Morgan fingerprint density at radius 1 is 1.06 bits per heavy atom. The Morgan fingerprint density at radius 3 is 2.78 bits per heavy atom. The van der Waals surface area contributed by atoms with E-state index in [1.54, 1.807) is 18.3 Å². The number of rotatable bonds is 6. The number of amides is 1. The van der Waals surface area contributed by atoms with Crippen molar-refractivity contribution in [1.29, 1.82) is 0 Å². The summed E-state index contributed by atoms with van der Waals surface area (Å²) in [7, 11) is 0. The highest BCUT2D eigenvalue weighted by Gasteiger charge is 2.11. The molecule has 0 aliphatic carbocycles. The fourth-order valence-electron chi connectivity index (χ4n) is 3.17. The molecule has 0 saturated heterocycles. The van der Waals surface area contributed by atoms with Crippen molar-refractivity contribution in [3.05, 3.63) is 83.8 Å². The van der Waals surface area contributed by atoms with Gasteiger partial charge in [0.2, 0.25) is 0 Å². The standard InChI is InChI=1S/C25H21N5O2/c31-16-6-5-15-27-25(32)21-8-1-2-9-22(21)28-19-10-12-20-23(29-30-24(20)17-19)13-11-18-7-3-4-14-26-18/h1-4,7-14,17,28,31H,15-16H2,(H,27,32)(H,29,30). The second-order valence-corrected chi connectivity index (χ2v) is 6.82. The molecule has 0 fully saturated rings. The summed E-state index contributed by atoms with van der Waals surface area (Å²) in [5.41, 5.74) is 4.55. The smallest absolute Gasteiger partial charge is 0.254 e. The molecule has 0 aliphatic heterocycles. The summed E-state index contributed by atoms with van der Waals surface area (Å²) < 4.78 is 0. The van der Waals surface area contributed by atoms with Crippen molar-refractivity contribution in [1.82, 2.24) is 20.5 Å². The molecule has 7 nitrogen and oxygen atoms in total. The lowest BCUT2D eigenvalue weighted by Gasteiger charge is -2.11. The van der Waals surface area contributed by atoms with Crippen LogP contribution in [0.15, 0.2) is 66.9 Å². The lowest BCUT2D eigenvalue weighted by molar-refractivity contribution is 0.0959. The minimum atomic E-state index is -0.245. The number of hydrogen-bond donors (Lipinski definition) is 4. The van der Waals surface area contributed by atoms with Crippen molar-refractivity contribution >= 4 is 40.3 Å². The number of nitrogens with zero attached hydrogens (tertiary/aromatic N) is 2. The molecule has 0 radical (unpaired) electrons. The molecule has 0 atom stereocenters. The number of carbonyl (C=O) groups excluding carboxylic acids is 1. The average molecular weight is 423 g/mol. The number of aromatic nitrogens is 3. The molecule has 0 unspecified atom stereocenters. The summed E-state index contributed by atoms with van der Waals surface area (Å²) in [4.78, 5) is 16.8. The molecule has 32 heavy (non-hydrogen) atoms. The van der Waals surface area contributed by atoms with E-state index in [2.05, 4.69) is 37.7 Å². The first-order valence-electron chi connectivity index (χ1n) is 10.0. The number of anilines is 2. The van der Waals surface area contributed by atoms with Gasteiger partial charge >= 0.3 is 0 Å². The van der Waals surface area contributed by atoms with Crippen LogP contribution < -0.4 is 10.6 Å². The summed E-state index contributed by atoms with van der Waals surface area (Å²) >= 11 is 0. The lowest BCUT2D eigenvalue weighted by atomic mass is 10.1. The fourth-order valence-corrected chi connectivity index (χ4v) is 3.17. The first-order chi connectivity index (χ1) is 15.7. The van der Waals surface area contributed by atoms with Gasteiger partial charge in [-0.25, -0.2) is 0 Å². The van der Waals surface area contributed by atoms with E-state index >= 15 is 0 Å². The SMILES string of the molecule is O=C(NCC#CCO)c1ccccc1Nc1ccc2c(C=Cc3ccccn3)n[nH]c2c1. The Morgan fingerprint density at radius 2 is 1.94 bits per heavy atom. The molecule has 158 valence electrons. The number of nitrogens with one attached hydrogen (secondary N) is 3.